The zero-order chi connectivity index (χ0) is 12.1. The van der Waals surface area contributed by atoms with E-state index in [4.69, 9.17) is 5.73 Å². The van der Waals surface area contributed by atoms with Gasteiger partial charge in [-0.3, -0.25) is 4.21 Å². The molecule has 0 aliphatic heterocycles. The van der Waals surface area contributed by atoms with Crippen LogP contribution in [0.1, 0.15) is 36.1 Å². The normalized spacial score (nSPS) is 14.8. The minimum atomic E-state index is -0.789. The molecule has 90 valence electrons. The van der Waals surface area contributed by atoms with Gasteiger partial charge >= 0.3 is 0 Å². The van der Waals surface area contributed by atoms with Crippen LogP contribution in [-0.2, 0) is 10.8 Å². The average Bonchev–Trinajstić information content (AvgIpc) is 2.17. The number of aryl methyl sites for hydroxylation is 2. The van der Waals surface area contributed by atoms with Gasteiger partial charge in [0.1, 0.15) is 0 Å². The van der Waals surface area contributed by atoms with E-state index in [-0.39, 0.29) is 6.04 Å². The average molecular weight is 239 g/mol. The van der Waals surface area contributed by atoms with Crippen molar-refractivity contribution in [3.05, 3.63) is 34.9 Å². The zero-order valence-corrected chi connectivity index (χ0v) is 11.1. The fourth-order valence-corrected chi connectivity index (χ4v) is 3.04. The van der Waals surface area contributed by atoms with Crippen molar-refractivity contribution in [1.82, 2.24) is 0 Å². The molecule has 0 aromatic heterocycles. The molecule has 0 amide bonds. The SMILES string of the molecule is CCCS(=O)CC(N)c1ccc(C)cc1C. The first-order valence-corrected chi connectivity index (χ1v) is 7.21. The van der Waals surface area contributed by atoms with Gasteiger partial charge in [0, 0.05) is 28.3 Å². The molecule has 3 heteroatoms. The Morgan fingerprint density at radius 2 is 2.06 bits per heavy atom. The number of rotatable bonds is 5. The smallest absolute Gasteiger partial charge is 0.0428 e. The van der Waals surface area contributed by atoms with Crippen molar-refractivity contribution in [2.75, 3.05) is 11.5 Å². The molecule has 2 N–H and O–H groups in total. The number of hydrogen-bond donors (Lipinski definition) is 1. The number of benzene rings is 1. The molecule has 1 rings (SSSR count). The summed E-state index contributed by atoms with van der Waals surface area (Å²) in [6, 6.07) is 6.13. The van der Waals surface area contributed by atoms with E-state index in [1.165, 1.54) is 11.1 Å². The third kappa shape index (κ3) is 3.72. The Hall–Kier alpha value is -0.670. The maximum absolute atomic E-state index is 11.6. The van der Waals surface area contributed by atoms with E-state index < -0.39 is 10.8 Å². The van der Waals surface area contributed by atoms with Gasteiger partial charge in [-0.2, -0.15) is 0 Å². The topological polar surface area (TPSA) is 43.1 Å². The van der Waals surface area contributed by atoms with Crippen LogP contribution in [0.25, 0.3) is 0 Å². The third-order valence-corrected chi connectivity index (χ3v) is 4.22. The third-order valence-electron chi connectivity index (χ3n) is 2.62. The molecule has 1 aromatic carbocycles. The molecule has 0 aliphatic rings. The Bertz CT molecular complexity index is 376. The van der Waals surface area contributed by atoms with Gasteiger partial charge in [-0.05, 0) is 31.4 Å². The van der Waals surface area contributed by atoms with Crippen molar-refractivity contribution in [3.8, 4) is 0 Å². The fraction of sp³-hybridized carbons (Fsp3) is 0.538. The maximum Gasteiger partial charge on any atom is 0.0428 e. The van der Waals surface area contributed by atoms with Crippen LogP contribution in [0, 0.1) is 13.8 Å². The molecule has 0 radical (unpaired) electrons. The monoisotopic (exact) mass is 239 g/mol. The summed E-state index contributed by atoms with van der Waals surface area (Å²) in [7, 11) is -0.789. The molecule has 1 aromatic rings. The summed E-state index contributed by atoms with van der Waals surface area (Å²) in [5.74, 6) is 1.32. The first-order chi connectivity index (χ1) is 7.54. The standard InChI is InChI=1S/C13H21NOS/c1-4-7-16(15)9-13(14)12-6-5-10(2)8-11(12)3/h5-6,8,13H,4,7,9,14H2,1-3H3. The van der Waals surface area contributed by atoms with Crippen LogP contribution in [0.4, 0.5) is 0 Å². The second-order valence-electron chi connectivity index (χ2n) is 4.28. The second-order valence-corrected chi connectivity index (χ2v) is 5.90. The molecular weight excluding hydrogens is 218 g/mol. The van der Waals surface area contributed by atoms with Crippen molar-refractivity contribution >= 4 is 10.8 Å². The van der Waals surface area contributed by atoms with Crippen molar-refractivity contribution in [2.45, 2.75) is 33.2 Å². The molecule has 0 saturated carbocycles. The van der Waals surface area contributed by atoms with Crippen LogP contribution in [0.3, 0.4) is 0 Å². The fourth-order valence-electron chi connectivity index (χ4n) is 1.84. The van der Waals surface area contributed by atoms with E-state index >= 15 is 0 Å². The van der Waals surface area contributed by atoms with Crippen LogP contribution >= 0.6 is 0 Å². The highest BCUT2D eigenvalue weighted by molar-refractivity contribution is 7.85. The predicted molar refractivity (Wildman–Crippen MR) is 71.0 cm³/mol. The van der Waals surface area contributed by atoms with Crippen molar-refractivity contribution < 1.29 is 4.21 Å². The van der Waals surface area contributed by atoms with Crippen LogP contribution < -0.4 is 5.73 Å². The summed E-state index contributed by atoms with van der Waals surface area (Å²) in [6.45, 7) is 6.17. The van der Waals surface area contributed by atoms with E-state index in [9.17, 15) is 4.21 Å². The van der Waals surface area contributed by atoms with E-state index in [1.807, 2.05) is 6.92 Å². The van der Waals surface area contributed by atoms with Gasteiger partial charge in [0.2, 0.25) is 0 Å². The molecule has 2 unspecified atom stereocenters. The van der Waals surface area contributed by atoms with Crippen LogP contribution in [0.5, 0.6) is 0 Å². The summed E-state index contributed by atoms with van der Waals surface area (Å²) in [4.78, 5) is 0. The lowest BCUT2D eigenvalue weighted by molar-refractivity contribution is 0.673. The molecule has 2 atom stereocenters. The molecule has 2 nitrogen and oxygen atoms in total. The minimum absolute atomic E-state index is 0.104. The highest BCUT2D eigenvalue weighted by atomic mass is 32.2. The largest absolute Gasteiger partial charge is 0.323 e. The summed E-state index contributed by atoms with van der Waals surface area (Å²) in [5, 5.41) is 0. The molecule has 16 heavy (non-hydrogen) atoms. The van der Waals surface area contributed by atoms with Crippen molar-refractivity contribution in [3.63, 3.8) is 0 Å². The van der Waals surface area contributed by atoms with Gasteiger partial charge in [0.05, 0.1) is 0 Å². The van der Waals surface area contributed by atoms with Crippen LogP contribution in [0.15, 0.2) is 18.2 Å². The summed E-state index contributed by atoms with van der Waals surface area (Å²) in [5.41, 5.74) is 9.64. The van der Waals surface area contributed by atoms with Gasteiger partial charge in [-0.1, -0.05) is 30.7 Å². The Balaban J connectivity index is 2.72. The molecule has 0 bridgehead atoms. The van der Waals surface area contributed by atoms with Crippen molar-refractivity contribution in [2.24, 2.45) is 5.73 Å². The Morgan fingerprint density at radius 3 is 2.62 bits per heavy atom. The highest BCUT2D eigenvalue weighted by Gasteiger charge is 2.12. The predicted octanol–water partition coefficient (Wildman–Crippen LogP) is 2.46. The molecule has 0 fully saturated rings. The van der Waals surface area contributed by atoms with E-state index in [0.717, 1.165) is 17.7 Å². The number of hydrogen-bond acceptors (Lipinski definition) is 2. The van der Waals surface area contributed by atoms with Gasteiger partial charge in [0.25, 0.3) is 0 Å². The first kappa shape index (κ1) is 13.4. The Kier molecular flexibility index (Phi) is 5.16. The van der Waals surface area contributed by atoms with Gasteiger partial charge in [-0.25, -0.2) is 0 Å². The zero-order valence-electron chi connectivity index (χ0n) is 10.3. The van der Waals surface area contributed by atoms with Gasteiger partial charge < -0.3 is 5.73 Å². The van der Waals surface area contributed by atoms with E-state index in [1.54, 1.807) is 0 Å². The van der Waals surface area contributed by atoms with E-state index in [0.29, 0.717) is 5.75 Å². The molecule has 0 saturated heterocycles. The number of nitrogens with two attached hydrogens (primary N) is 1. The first-order valence-electron chi connectivity index (χ1n) is 5.72. The molecule has 0 spiro atoms. The van der Waals surface area contributed by atoms with Crippen LogP contribution in [0.2, 0.25) is 0 Å². The highest BCUT2D eigenvalue weighted by Crippen LogP contribution is 2.18. The lowest BCUT2D eigenvalue weighted by Gasteiger charge is -2.14. The maximum atomic E-state index is 11.6. The lowest BCUT2D eigenvalue weighted by Crippen LogP contribution is -2.20. The summed E-state index contributed by atoms with van der Waals surface area (Å²) in [6.07, 6.45) is 0.951. The second kappa shape index (κ2) is 6.16. The van der Waals surface area contributed by atoms with Crippen molar-refractivity contribution in [1.29, 1.82) is 0 Å². The Labute approximate surface area is 101 Å². The lowest BCUT2D eigenvalue weighted by atomic mass is 10.0. The molecule has 0 heterocycles. The van der Waals surface area contributed by atoms with E-state index in [2.05, 4.69) is 32.0 Å². The van der Waals surface area contributed by atoms with Crippen LogP contribution in [-0.4, -0.2) is 15.7 Å². The molecule has 0 aliphatic carbocycles. The minimum Gasteiger partial charge on any atom is -0.323 e. The quantitative estimate of drug-likeness (QED) is 0.857. The summed E-state index contributed by atoms with van der Waals surface area (Å²) < 4.78 is 11.6. The molecular formula is C13H21NOS. The Morgan fingerprint density at radius 1 is 1.38 bits per heavy atom. The van der Waals surface area contributed by atoms with Gasteiger partial charge in [-0.15, -0.1) is 0 Å². The van der Waals surface area contributed by atoms with Gasteiger partial charge in [0.15, 0.2) is 0 Å². The summed E-state index contributed by atoms with van der Waals surface area (Å²) >= 11 is 0.